The Morgan fingerprint density at radius 1 is 0.974 bits per heavy atom. The molecule has 0 unspecified atom stereocenters. The van der Waals surface area contributed by atoms with Gasteiger partial charge in [-0.05, 0) is 0 Å². The van der Waals surface area contributed by atoms with Crippen LogP contribution in [0.2, 0.25) is 0 Å². The van der Waals surface area contributed by atoms with Gasteiger partial charge in [0.1, 0.15) is 11.3 Å². The molecule has 38 heavy (non-hydrogen) atoms. The summed E-state index contributed by atoms with van der Waals surface area (Å²) >= 11 is 0. The average Bonchev–Trinajstić information content (AvgIpc) is 3.42. The van der Waals surface area contributed by atoms with E-state index in [-0.39, 0.29) is 24.6 Å². The van der Waals surface area contributed by atoms with Gasteiger partial charge in [0.25, 0.3) is 17.6 Å². The number of ether oxygens (including phenoxy) is 2. The zero-order chi connectivity index (χ0) is 29.3. The molecule has 0 atom stereocenters. The number of aromatic amines is 1. The molecule has 3 rings (SSSR count). The number of carbonyl (C=O) groups excluding carboxylic acids is 3. The molecule has 0 aliphatic carbocycles. The Labute approximate surface area is 227 Å². The second kappa shape index (κ2) is 18.4. The summed E-state index contributed by atoms with van der Waals surface area (Å²) in [6.45, 7) is 20.6. The minimum atomic E-state index is -0.670. The highest BCUT2D eigenvalue weighted by Crippen LogP contribution is 2.33. The summed E-state index contributed by atoms with van der Waals surface area (Å²) in [6.07, 6.45) is 8.72. The topological polar surface area (TPSA) is 105 Å². The molecule has 3 heterocycles. The number of pyridine rings is 1. The van der Waals surface area contributed by atoms with Crippen molar-refractivity contribution in [3.05, 3.63) is 54.9 Å². The largest absolute Gasteiger partial charge is 0.494 e. The summed E-state index contributed by atoms with van der Waals surface area (Å²) in [6, 6.07) is 0. The molecule has 2 aromatic heterocycles. The Bertz CT molecular complexity index is 1100. The number of carbonyl (C=O) groups is 3. The number of fused-ring (bicyclic) bond motifs is 1. The van der Waals surface area contributed by atoms with Crippen molar-refractivity contribution in [3.8, 4) is 11.6 Å². The second-order valence-electron chi connectivity index (χ2n) is 7.47. The number of piperazine rings is 1. The van der Waals surface area contributed by atoms with Crippen LogP contribution in [0.3, 0.4) is 0 Å². The van der Waals surface area contributed by atoms with Gasteiger partial charge in [-0.3, -0.25) is 14.4 Å². The number of rotatable bonds is 7. The maximum Gasteiger partial charge on any atom is 0.295 e. The Hall–Kier alpha value is -3.88. The van der Waals surface area contributed by atoms with E-state index in [1.165, 1.54) is 50.1 Å². The molecule has 1 N–H and O–H groups in total. The van der Waals surface area contributed by atoms with Crippen molar-refractivity contribution in [1.82, 2.24) is 19.8 Å². The number of hydrogen-bond acceptors (Lipinski definition) is 6. The summed E-state index contributed by atoms with van der Waals surface area (Å²) in [5, 5.41) is 0.437. The van der Waals surface area contributed by atoms with Crippen LogP contribution in [0.4, 0.5) is 0 Å². The van der Waals surface area contributed by atoms with Crippen LogP contribution in [0.5, 0.6) is 11.6 Å². The van der Waals surface area contributed by atoms with Gasteiger partial charge in [-0.1, -0.05) is 79.3 Å². The molecule has 0 aromatic carbocycles. The van der Waals surface area contributed by atoms with Gasteiger partial charge in [0.2, 0.25) is 5.88 Å². The number of nitrogens with zero attached hydrogens (tertiary/aromatic N) is 3. The van der Waals surface area contributed by atoms with Crippen molar-refractivity contribution < 1.29 is 23.9 Å². The van der Waals surface area contributed by atoms with Crippen molar-refractivity contribution >= 4 is 28.5 Å². The molecule has 0 radical (unpaired) electrons. The van der Waals surface area contributed by atoms with Gasteiger partial charge in [-0.25, -0.2) is 4.98 Å². The highest BCUT2D eigenvalue weighted by atomic mass is 16.5. The Morgan fingerprint density at radius 2 is 1.50 bits per heavy atom. The molecule has 1 aliphatic heterocycles. The lowest BCUT2D eigenvalue weighted by molar-refractivity contribution is -0.134. The van der Waals surface area contributed by atoms with Crippen molar-refractivity contribution in [3.63, 3.8) is 0 Å². The number of nitrogens with one attached hydrogen (secondary N) is 1. The highest BCUT2D eigenvalue weighted by molar-refractivity contribution is 6.45. The highest BCUT2D eigenvalue weighted by Gasteiger charge is 2.31. The Kier molecular flexibility index (Phi) is 16.5. The first kappa shape index (κ1) is 34.1. The molecule has 0 saturated carbocycles. The summed E-state index contributed by atoms with van der Waals surface area (Å²) in [5.74, 6) is -0.851. The molecule has 9 heteroatoms. The third-order valence-electron chi connectivity index (χ3n) is 5.11. The standard InChI is InChI=1S/C22H24N4O5.C3H8.2C2H6/c1-5-7-14(6-2)21(28)25-8-10-26(11-9-25)22(29)19(27)15-12-23-18-17(15)16(30-3)13-24-20(18)31-4;1-3-2;2*1-2/h5-7,12-13,23H,1-2,8-11H2,3-4H3;3H2,1-2H3;2*1-2H3/b14-7+;;;. The molecular weight excluding hydrogens is 484 g/mol. The van der Waals surface area contributed by atoms with Gasteiger partial charge >= 0.3 is 0 Å². The van der Waals surface area contributed by atoms with E-state index in [1.807, 2.05) is 27.7 Å². The van der Waals surface area contributed by atoms with Crippen molar-refractivity contribution in [1.29, 1.82) is 0 Å². The van der Waals surface area contributed by atoms with Crippen LogP contribution in [0.15, 0.2) is 49.4 Å². The summed E-state index contributed by atoms with van der Waals surface area (Å²) in [4.78, 5) is 48.5. The number of aromatic nitrogens is 2. The van der Waals surface area contributed by atoms with Gasteiger partial charge < -0.3 is 24.3 Å². The number of amides is 2. The quantitative estimate of drug-likeness (QED) is 0.229. The first-order valence-corrected chi connectivity index (χ1v) is 13.0. The molecule has 1 aliphatic rings. The Balaban J connectivity index is 0.00000179. The van der Waals surface area contributed by atoms with Crippen LogP contribution < -0.4 is 9.47 Å². The number of methoxy groups -OCH3 is 2. The van der Waals surface area contributed by atoms with Crippen LogP contribution in [0.1, 0.15) is 58.3 Å². The lowest BCUT2D eigenvalue weighted by Gasteiger charge is -2.34. The van der Waals surface area contributed by atoms with Crippen LogP contribution in [-0.4, -0.2) is 77.8 Å². The summed E-state index contributed by atoms with van der Waals surface area (Å²) in [7, 11) is 2.92. The smallest absolute Gasteiger partial charge is 0.295 e. The lowest BCUT2D eigenvalue weighted by Crippen LogP contribution is -2.52. The first-order chi connectivity index (χ1) is 18.4. The first-order valence-electron chi connectivity index (χ1n) is 13.0. The third-order valence-corrected chi connectivity index (χ3v) is 5.11. The van der Waals surface area contributed by atoms with Crippen LogP contribution in [0, 0.1) is 0 Å². The van der Waals surface area contributed by atoms with Crippen molar-refractivity contribution in [2.75, 3.05) is 40.4 Å². The lowest BCUT2D eigenvalue weighted by atomic mass is 10.1. The number of allylic oxidation sites excluding steroid dienone is 2. The second-order valence-corrected chi connectivity index (χ2v) is 7.47. The molecule has 1 fully saturated rings. The fraction of sp³-hybridized carbons (Fsp3) is 0.448. The number of Topliss-reactive ketones (excluding diaryl/α,β-unsaturated/α-hetero) is 1. The van der Waals surface area contributed by atoms with Gasteiger partial charge in [0.05, 0.1) is 31.4 Å². The molecule has 2 aromatic rings. The predicted molar refractivity (Wildman–Crippen MR) is 154 cm³/mol. The fourth-order valence-corrected chi connectivity index (χ4v) is 3.49. The van der Waals surface area contributed by atoms with Gasteiger partial charge in [-0.2, -0.15) is 0 Å². The zero-order valence-electron chi connectivity index (χ0n) is 24.2. The van der Waals surface area contributed by atoms with E-state index in [4.69, 9.17) is 9.47 Å². The van der Waals surface area contributed by atoms with E-state index < -0.39 is 11.7 Å². The van der Waals surface area contributed by atoms with Crippen LogP contribution in [0.25, 0.3) is 10.9 Å². The monoisotopic (exact) mass is 528 g/mol. The van der Waals surface area contributed by atoms with E-state index in [2.05, 4.69) is 37.0 Å². The maximum atomic E-state index is 13.0. The minimum absolute atomic E-state index is 0.180. The third kappa shape index (κ3) is 8.33. The Morgan fingerprint density at radius 3 is 1.95 bits per heavy atom. The van der Waals surface area contributed by atoms with Gasteiger partial charge in [0, 0.05) is 37.9 Å². The van der Waals surface area contributed by atoms with E-state index in [0.29, 0.717) is 41.2 Å². The molecule has 0 spiro atoms. The SMILES string of the molecule is C=C/C=C(\C=C)C(=O)N1CCN(C(=O)C(=O)c2c[nH]c3c(OC)ncc(OC)c23)CC1.CC.CC.CCC. The van der Waals surface area contributed by atoms with Crippen LogP contribution >= 0.6 is 0 Å². The summed E-state index contributed by atoms with van der Waals surface area (Å²) in [5.41, 5.74) is 1.08. The molecule has 9 nitrogen and oxygen atoms in total. The number of ketones is 1. The molecular formula is C29H44N4O5. The molecule has 0 bridgehead atoms. The molecule has 210 valence electrons. The minimum Gasteiger partial charge on any atom is -0.494 e. The maximum absolute atomic E-state index is 13.0. The van der Waals surface area contributed by atoms with Crippen molar-refractivity contribution in [2.24, 2.45) is 0 Å². The van der Waals surface area contributed by atoms with E-state index in [0.717, 1.165) is 0 Å². The number of hydrogen-bond donors (Lipinski definition) is 1. The van der Waals surface area contributed by atoms with Gasteiger partial charge in [0.15, 0.2) is 0 Å². The van der Waals surface area contributed by atoms with E-state index in [1.54, 1.807) is 11.0 Å². The van der Waals surface area contributed by atoms with Gasteiger partial charge in [-0.15, -0.1) is 0 Å². The normalized spacial score (nSPS) is 12.5. The number of H-pyrrole nitrogens is 1. The predicted octanol–water partition coefficient (Wildman–Crippen LogP) is 5.20. The van der Waals surface area contributed by atoms with E-state index >= 15 is 0 Å². The zero-order valence-corrected chi connectivity index (χ0v) is 24.2. The fourth-order valence-electron chi connectivity index (χ4n) is 3.49. The molecule has 1 saturated heterocycles. The average molecular weight is 529 g/mol. The van der Waals surface area contributed by atoms with E-state index in [9.17, 15) is 14.4 Å². The molecule has 2 amide bonds. The summed E-state index contributed by atoms with van der Waals surface area (Å²) < 4.78 is 10.5. The van der Waals surface area contributed by atoms with Crippen molar-refractivity contribution in [2.45, 2.75) is 48.0 Å². The van der Waals surface area contributed by atoms with Crippen LogP contribution in [-0.2, 0) is 9.59 Å².